The molecule has 0 spiro atoms. The summed E-state index contributed by atoms with van der Waals surface area (Å²) in [6, 6.07) is 14.2. The zero-order valence-corrected chi connectivity index (χ0v) is 10.8. The molecule has 0 saturated carbocycles. The first-order valence-electron chi connectivity index (χ1n) is 5.83. The predicted molar refractivity (Wildman–Crippen MR) is 77.8 cm³/mol. The van der Waals surface area contributed by atoms with E-state index in [2.05, 4.69) is 34.6 Å². The molecule has 1 heterocycles. The van der Waals surface area contributed by atoms with Crippen molar-refractivity contribution in [2.45, 2.75) is 6.92 Å². The van der Waals surface area contributed by atoms with Gasteiger partial charge in [0.1, 0.15) is 0 Å². The SMILES string of the molecule is Cc1c(Cl)cccc1Nc1ccc2[nH]ccc2c1. The van der Waals surface area contributed by atoms with Crippen LogP contribution in [0.15, 0.2) is 48.7 Å². The summed E-state index contributed by atoms with van der Waals surface area (Å²) in [5, 5.41) is 5.37. The van der Waals surface area contributed by atoms with Crippen LogP contribution in [-0.4, -0.2) is 4.98 Å². The van der Waals surface area contributed by atoms with Crippen LogP contribution in [0.4, 0.5) is 11.4 Å². The zero-order chi connectivity index (χ0) is 12.5. The standard InChI is InChI=1S/C15H13ClN2/c1-10-13(16)3-2-4-14(10)18-12-5-6-15-11(9-12)7-8-17-15/h2-9,17-18H,1H3. The molecular weight excluding hydrogens is 244 g/mol. The largest absolute Gasteiger partial charge is 0.361 e. The molecule has 0 atom stereocenters. The first-order chi connectivity index (χ1) is 8.74. The van der Waals surface area contributed by atoms with Gasteiger partial charge in [0, 0.05) is 33.5 Å². The molecule has 0 radical (unpaired) electrons. The highest BCUT2D eigenvalue weighted by molar-refractivity contribution is 6.31. The topological polar surface area (TPSA) is 27.8 Å². The summed E-state index contributed by atoms with van der Waals surface area (Å²) in [7, 11) is 0. The Morgan fingerprint density at radius 1 is 1.11 bits per heavy atom. The number of H-pyrrole nitrogens is 1. The van der Waals surface area contributed by atoms with Gasteiger partial charge < -0.3 is 10.3 Å². The molecule has 0 fully saturated rings. The molecule has 3 heteroatoms. The number of hydrogen-bond acceptors (Lipinski definition) is 1. The number of aromatic amines is 1. The lowest BCUT2D eigenvalue weighted by molar-refractivity contribution is 1.43. The van der Waals surface area contributed by atoms with Crippen LogP contribution in [-0.2, 0) is 0 Å². The Balaban J connectivity index is 1.98. The third-order valence-electron chi connectivity index (χ3n) is 3.10. The number of hydrogen-bond donors (Lipinski definition) is 2. The Bertz CT molecular complexity index is 701. The van der Waals surface area contributed by atoms with Gasteiger partial charge in [-0.25, -0.2) is 0 Å². The fraction of sp³-hybridized carbons (Fsp3) is 0.0667. The van der Waals surface area contributed by atoms with Gasteiger partial charge in [-0.3, -0.25) is 0 Å². The molecule has 0 amide bonds. The molecule has 0 aliphatic carbocycles. The van der Waals surface area contributed by atoms with E-state index in [0.29, 0.717) is 0 Å². The lowest BCUT2D eigenvalue weighted by atomic mass is 10.2. The number of halogens is 1. The lowest BCUT2D eigenvalue weighted by Gasteiger charge is -2.10. The van der Waals surface area contributed by atoms with E-state index in [1.165, 1.54) is 5.39 Å². The Labute approximate surface area is 111 Å². The van der Waals surface area contributed by atoms with Crippen molar-refractivity contribution in [3.63, 3.8) is 0 Å². The van der Waals surface area contributed by atoms with Crippen LogP contribution in [0.2, 0.25) is 5.02 Å². The van der Waals surface area contributed by atoms with Crippen molar-refractivity contribution < 1.29 is 0 Å². The Morgan fingerprint density at radius 2 is 2.00 bits per heavy atom. The molecule has 3 aromatic rings. The minimum absolute atomic E-state index is 0.780. The fourth-order valence-corrected chi connectivity index (χ4v) is 2.20. The third-order valence-corrected chi connectivity index (χ3v) is 3.51. The van der Waals surface area contributed by atoms with Crippen molar-refractivity contribution in [3.8, 4) is 0 Å². The average molecular weight is 257 g/mol. The number of anilines is 2. The smallest absolute Gasteiger partial charge is 0.0455 e. The second-order valence-electron chi connectivity index (χ2n) is 4.32. The van der Waals surface area contributed by atoms with Crippen molar-refractivity contribution in [2.75, 3.05) is 5.32 Å². The molecule has 90 valence electrons. The quantitative estimate of drug-likeness (QED) is 0.672. The van der Waals surface area contributed by atoms with Gasteiger partial charge in [-0.15, -0.1) is 0 Å². The van der Waals surface area contributed by atoms with Gasteiger partial charge in [-0.2, -0.15) is 0 Å². The minimum atomic E-state index is 0.780. The Kier molecular flexibility index (Phi) is 2.73. The van der Waals surface area contributed by atoms with Gasteiger partial charge >= 0.3 is 0 Å². The molecule has 18 heavy (non-hydrogen) atoms. The first kappa shape index (κ1) is 11.2. The highest BCUT2D eigenvalue weighted by Gasteiger charge is 2.03. The van der Waals surface area contributed by atoms with Gasteiger partial charge in [0.05, 0.1) is 0 Å². The molecule has 1 aromatic heterocycles. The van der Waals surface area contributed by atoms with Gasteiger partial charge in [0.2, 0.25) is 0 Å². The van der Waals surface area contributed by atoms with E-state index >= 15 is 0 Å². The predicted octanol–water partition coefficient (Wildman–Crippen LogP) is 4.87. The lowest BCUT2D eigenvalue weighted by Crippen LogP contribution is -1.93. The summed E-state index contributed by atoms with van der Waals surface area (Å²) < 4.78 is 0. The normalized spacial score (nSPS) is 10.8. The highest BCUT2D eigenvalue weighted by atomic mass is 35.5. The molecule has 0 aliphatic rings. The maximum absolute atomic E-state index is 6.11. The van der Waals surface area contributed by atoms with E-state index in [1.54, 1.807) is 0 Å². The molecule has 3 rings (SSSR count). The van der Waals surface area contributed by atoms with Crippen molar-refractivity contribution >= 4 is 33.9 Å². The van der Waals surface area contributed by atoms with Crippen molar-refractivity contribution in [2.24, 2.45) is 0 Å². The summed E-state index contributed by atoms with van der Waals surface area (Å²) in [4.78, 5) is 3.18. The van der Waals surface area contributed by atoms with E-state index in [-0.39, 0.29) is 0 Å². The van der Waals surface area contributed by atoms with Crippen LogP contribution in [0, 0.1) is 6.92 Å². The van der Waals surface area contributed by atoms with E-state index in [0.717, 1.165) is 27.5 Å². The van der Waals surface area contributed by atoms with Crippen molar-refractivity contribution in [1.29, 1.82) is 0 Å². The van der Waals surface area contributed by atoms with Crippen molar-refractivity contribution in [3.05, 3.63) is 59.2 Å². The number of nitrogens with one attached hydrogen (secondary N) is 2. The van der Waals surface area contributed by atoms with Crippen LogP contribution in [0.5, 0.6) is 0 Å². The molecule has 0 saturated heterocycles. The van der Waals surface area contributed by atoms with Crippen LogP contribution in [0.25, 0.3) is 10.9 Å². The maximum Gasteiger partial charge on any atom is 0.0455 e. The number of rotatable bonds is 2. The van der Waals surface area contributed by atoms with Crippen molar-refractivity contribution in [1.82, 2.24) is 4.98 Å². The molecule has 0 unspecified atom stereocenters. The summed E-state index contributed by atoms with van der Waals surface area (Å²) in [6.45, 7) is 2.01. The minimum Gasteiger partial charge on any atom is -0.361 e. The molecule has 2 nitrogen and oxygen atoms in total. The van der Waals surface area contributed by atoms with E-state index in [9.17, 15) is 0 Å². The van der Waals surface area contributed by atoms with Gasteiger partial charge in [-0.1, -0.05) is 17.7 Å². The molecule has 2 N–H and O–H groups in total. The number of benzene rings is 2. The second kappa shape index (κ2) is 4.39. The molecule has 2 aromatic carbocycles. The highest BCUT2D eigenvalue weighted by Crippen LogP contribution is 2.27. The molecule has 0 bridgehead atoms. The van der Waals surface area contributed by atoms with Crippen LogP contribution >= 0.6 is 11.6 Å². The zero-order valence-electron chi connectivity index (χ0n) is 10.00. The van der Waals surface area contributed by atoms with E-state index < -0.39 is 0 Å². The third kappa shape index (κ3) is 1.95. The maximum atomic E-state index is 6.11. The van der Waals surface area contributed by atoms with E-state index in [1.807, 2.05) is 31.3 Å². The van der Waals surface area contributed by atoms with Gasteiger partial charge in [-0.05, 0) is 48.9 Å². The fourth-order valence-electron chi connectivity index (χ4n) is 2.03. The van der Waals surface area contributed by atoms with Crippen LogP contribution < -0.4 is 5.32 Å². The number of aromatic nitrogens is 1. The average Bonchev–Trinajstić information content (AvgIpc) is 2.82. The van der Waals surface area contributed by atoms with Crippen LogP contribution in [0.3, 0.4) is 0 Å². The molecule has 0 aliphatic heterocycles. The van der Waals surface area contributed by atoms with Gasteiger partial charge in [0.15, 0.2) is 0 Å². The van der Waals surface area contributed by atoms with Gasteiger partial charge in [0.25, 0.3) is 0 Å². The summed E-state index contributed by atoms with van der Waals surface area (Å²) >= 11 is 6.11. The van der Waals surface area contributed by atoms with Crippen LogP contribution in [0.1, 0.15) is 5.56 Å². The summed E-state index contributed by atoms with van der Waals surface area (Å²) in [5.41, 5.74) is 4.31. The second-order valence-corrected chi connectivity index (χ2v) is 4.72. The van der Waals surface area contributed by atoms with E-state index in [4.69, 9.17) is 11.6 Å². The summed E-state index contributed by atoms with van der Waals surface area (Å²) in [5.74, 6) is 0. The Hall–Kier alpha value is -1.93. The Morgan fingerprint density at radius 3 is 2.89 bits per heavy atom. The monoisotopic (exact) mass is 256 g/mol. The number of fused-ring (bicyclic) bond motifs is 1. The molecular formula is C15H13ClN2. The first-order valence-corrected chi connectivity index (χ1v) is 6.21. The summed E-state index contributed by atoms with van der Waals surface area (Å²) in [6.07, 6.45) is 1.94.